The van der Waals surface area contributed by atoms with Crippen LogP contribution >= 0.6 is 22.7 Å². The zero-order chi connectivity index (χ0) is 23.6. The van der Waals surface area contributed by atoms with Gasteiger partial charge in [-0.05, 0) is 61.1 Å². The standard InChI is InChI=1S/C34H20S2/c1-2-9-21(10-3-1)30-23-11-4-6-13-25(23)31(26-14-7-5-12-24(26)30)27-15-8-16-28-32-29(36-34(27)28)18-17-22-19-20-35-33(22)32/h1-20H. The minimum absolute atomic E-state index is 1.26. The van der Waals surface area contributed by atoms with Gasteiger partial charge in [-0.1, -0.05) is 103 Å². The fourth-order valence-electron chi connectivity index (χ4n) is 5.84. The maximum atomic E-state index is 2.32. The van der Waals surface area contributed by atoms with Crippen molar-refractivity contribution >= 4 is 74.5 Å². The third kappa shape index (κ3) is 2.80. The van der Waals surface area contributed by atoms with Gasteiger partial charge in [0.15, 0.2) is 0 Å². The van der Waals surface area contributed by atoms with Gasteiger partial charge in [0.1, 0.15) is 0 Å². The molecule has 36 heavy (non-hydrogen) atoms. The summed E-state index contributed by atoms with van der Waals surface area (Å²) in [4.78, 5) is 0. The predicted molar refractivity (Wildman–Crippen MR) is 161 cm³/mol. The largest absolute Gasteiger partial charge is 0.143 e. The van der Waals surface area contributed by atoms with Gasteiger partial charge in [-0.2, -0.15) is 0 Å². The topological polar surface area (TPSA) is 0 Å². The highest BCUT2D eigenvalue weighted by atomic mass is 32.1. The molecule has 168 valence electrons. The molecule has 0 saturated carbocycles. The average Bonchev–Trinajstić information content (AvgIpc) is 3.56. The predicted octanol–water partition coefficient (Wildman–Crippen LogP) is 10.9. The molecule has 0 amide bonds. The average molecular weight is 493 g/mol. The summed E-state index contributed by atoms with van der Waals surface area (Å²) in [7, 11) is 0. The van der Waals surface area contributed by atoms with Crippen molar-refractivity contribution in [2.45, 2.75) is 0 Å². The summed E-state index contributed by atoms with van der Waals surface area (Å²) in [6.07, 6.45) is 0. The van der Waals surface area contributed by atoms with Crippen LogP contribution < -0.4 is 0 Å². The van der Waals surface area contributed by atoms with Crippen LogP contribution in [-0.4, -0.2) is 0 Å². The molecule has 0 bridgehead atoms. The van der Waals surface area contributed by atoms with E-state index in [2.05, 4.69) is 121 Å². The molecule has 0 saturated heterocycles. The highest BCUT2D eigenvalue weighted by molar-refractivity contribution is 7.27. The minimum atomic E-state index is 1.26. The maximum absolute atomic E-state index is 2.32. The van der Waals surface area contributed by atoms with Crippen molar-refractivity contribution in [2.24, 2.45) is 0 Å². The second-order valence-corrected chi connectivity index (χ2v) is 11.2. The van der Waals surface area contributed by atoms with Crippen LogP contribution in [0, 0.1) is 0 Å². The first kappa shape index (κ1) is 20.2. The molecule has 2 aromatic heterocycles. The van der Waals surface area contributed by atoms with Crippen molar-refractivity contribution in [1.82, 2.24) is 0 Å². The van der Waals surface area contributed by atoms with E-state index in [0.29, 0.717) is 0 Å². The van der Waals surface area contributed by atoms with Crippen molar-refractivity contribution in [3.63, 3.8) is 0 Å². The van der Waals surface area contributed by atoms with E-state index in [1.165, 1.54) is 74.1 Å². The summed E-state index contributed by atoms with van der Waals surface area (Å²) < 4.78 is 4.13. The quantitative estimate of drug-likeness (QED) is 0.211. The first-order valence-electron chi connectivity index (χ1n) is 12.2. The molecule has 6 aromatic carbocycles. The molecule has 2 heterocycles. The highest BCUT2D eigenvalue weighted by Crippen LogP contribution is 2.48. The maximum Gasteiger partial charge on any atom is 0.0435 e. The van der Waals surface area contributed by atoms with Crippen LogP contribution in [0.15, 0.2) is 121 Å². The molecule has 0 aliphatic rings. The molecule has 0 nitrogen and oxygen atoms in total. The van der Waals surface area contributed by atoms with Crippen LogP contribution in [0.3, 0.4) is 0 Å². The van der Waals surface area contributed by atoms with Gasteiger partial charge in [-0.3, -0.25) is 0 Å². The Morgan fingerprint density at radius 1 is 0.444 bits per heavy atom. The summed E-state index contributed by atoms with van der Waals surface area (Å²) in [6, 6.07) is 42.3. The van der Waals surface area contributed by atoms with E-state index in [9.17, 15) is 0 Å². The lowest BCUT2D eigenvalue weighted by Gasteiger charge is -2.18. The summed E-state index contributed by atoms with van der Waals surface area (Å²) in [5.74, 6) is 0. The zero-order valence-corrected chi connectivity index (χ0v) is 21.0. The smallest absolute Gasteiger partial charge is 0.0435 e. The summed E-state index contributed by atoms with van der Waals surface area (Å²) in [5.41, 5.74) is 5.23. The zero-order valence-electron chi connectivity index (χ0n) is 19.4. The third-order valence-electron chi connectivity index (χ3n) is 7.34. The molecule has 0 spiro atoms. The first-order chi connectivity index (χ1) is 17.9. The Bertz CT molecular complexity index is 2030. The number of benzene rings is 6. The lowest BCUT2D eigenvalue weighted by atomic mass is 9.86. The van der Waals surface area contributed by atoms with Crippen LogP contribution in [0.4, 0.5) is 0 Å². The van der Waals surface area contributed by atoms with E-state index in [1.807, 2.05) is 22.7 Å². The molecule has 0 fully saturated rings. The number of rotatable bonds is 2. The Morgan fingerprint density at radius 2 is 1.08 bits per heavy atom. The molecular formula is C34H20S2. The first-order valence-corrected chi connectivity index (χ1v) is 13.9. The van der Waals surface area contributed by atoms with Crippen molar-refractivity contribution < 1.29 is 0 Å². The Labute approximate surface area is 216 Å². The van der Waals surface area contributed by atoms with Crippen LogP contribution in [0.2, 0.25) is 0 Å². The van der Waals surface area contributed by atoms with Crippen LogP contribution in [0.5, 0.6) is 0 Å². The molecule has 0 radical (unpaired) electrons. The number of fused-ring (bicyclic) bond motifs is 7. The Hall–Kier alpha value is -3.98. The fourth-order valence-corrected chi connectivity index (χ4v) is 8.09. The van der Waals surface area contributed by atoms with Gasteiger partial charge < -0.3 is 0 Å². The fraction of sp³-hybridized carbons (Fsp3) is 0. The molecule has 0 aliphatic heterocycles. The van der Waals surface area contributed by atoms with Crippen molar-refractivity contribution in [3.8, 4) is 22.3 Å². The van der Waals surface area contributed by atoms with E-state index in [0.717, 1.165) is 0 Å². The van der Waals surface area contributed by atoms with Gasteiger partial charge in [-0.15, -0.1) is 22.7 Å². The van der Waals surface area contributed by atoms with Gasteiger partial charge >= 0.3 is 0 Å². The van der Waals surface area contributed by atoms with Crippen molar-refractivity contribution in [1.29, 1.82) is 0 Å². The Morgan fingerprint density at radius 3 is 1.81 bits per heavy atom. The lowest BCUT2D eigenvalue weighted by Crippen LogP contribution is -1.90. The second-order valence-electron chi connectivity index (χ2n) is 9.27. The van der Waals surface area contributed by atoms with Gasteiger partial charge in [0.25, 0.3) is 0 Å². The number of thiophene rings is 2. The summed E-state index contributed by atoms with van der Waals surface area (Å²) >= 11 is 3.78. The lowest BCUT2D eigenvalue weighted by molar-refractivity contribution is 1.67. The molecule has 0 unspecified atom stereocenters. The van der Waals surface area contributed by atoms with Crippen LogP contribution in [-0.2, 0) is 0 Å². The molecule has 2 heteroatoms. The Kier molecular flexibility index (Phi) is 4.36. The van der Waals surface area contributed by atoms with Crippen molar-refractivity contribution in [2.75, 3.05) is 0 Å². The van der Waals surface area contributed by atoms with E-state index >= 15 is 0 Å². The SMILES string of the molecule is c1ccc(-c2c3ccccc3c(-c3cccc4c3sc3ccc5ccsc5c34)c3ccccc23)cc1. The third-order valence-corrected chi connectivity index (χ3v) is 9.49. The van der Waals surface area contributed by atoms with Crippen LogP contribution in [0.1, 0.15) is 0 Å². The van der Waals surface area contributed by atoms with Crippen LogP contribution in [0.25, 0.3) is 74.1 Å². The molecule has 0 N–H and O–H groups in total. The molecular weight excluding hydrogens is 473 g/mol. The minimum Gasteiger partial charge on any atom is -0.143 e. The van der Waals surface area contributed by atoms with Gasteiger partial charge in [0.2, 0.25) is 0 Å². The molecule has 8 aromatic rings. The highest BCUT2D eigenvalue weighted by Gasteiger charge is 2.19. The normalized spacial score (nSPS) is 11.9. The van der Waals surface area contributed by atoms with E-state index < -0.39 is 0 Å². The number of hydrogen-bond donors (Lipinski definition) is 0. The molecule has 8 rings (SSSR count). The van der Waals surface area contributed by atoms with Gasteiger partial charge in [-0.25, -0.2) is 0 Å². The molecule has 0 aliphatic carbocycles. The monoisotopic (exact) mass is 492 g/mol. The van der Waals surface area contributed by atoms with E-state index in [4.69, 9.17) is 0 Å². The van der Waals surface area contributed by atoms with Gasteiger partial charge in [0, 0.05) is 30.4 Å². The Balaban J connectivity index is 1.56. The molecule has 0 atom stereocenters. The van der Waals surface area contributed by atoms with Crippen molar-refractivity contribution in [3.05, 3.63) is 121 Å². The summed E-state index contributed by atoms with van der Waals surface area (Å²) in [6.45, 7) is 0. The van der Waals surface area contributed by atoms with E-state index in [1.54, 1.807) is 0 Å². The van der Waals surface area contributed by atoms with E-state index in [-0.39, 0.29) is 0 Å². The summed E-state index contributed by atoms with van der Waals surface area (Å²) in [5, 5.41) is 11.5. The second kappa shape index (κ2) is 7.76. The van der Waals surface area contributed by atoms with Gasteiger partial charge in [0.05, 0.1) is 0 Å². The number of hydrogen-bond acceptors (Lipinski definition) is 2.